The first-order chi connectivity index (χ1) is 9.12. The zero-order valence-electron chi connectivity index (χ0n) is 10.9. The van der Waals surface area contributed by atoms with Crippen LogP contribution in [0.15, 0.2) is 22.7 Å². The Hall–Kier alpha value is -1.30. The van der Waals surface area contributed by atoms with Gasteiger partial charge in [0.2, 0.25) is 0 Å². The highest BCUT2D eigenvalue weighted by atomic mass is 35.5. The zero-order valence-corrected chi connectivity index (χ0v) is 12.5. The first-order valence-electron chi connectivity index (χ1n) is 6.09. The standard InChI is InChI=1S/C13H14ClN3O2.ClH/c1-18-10-4-3-8(14)7-9(10)11-16-12(17-19-11)13(15)5-2-6-13;/h3-4,7H,2,5-6,15H2,1H3;1H. The predicted octanol–water partition coefficient (Wildman–Crippen LogP) is 3.16. The molecule has 20 heavy (non-hydrogen) atoms. The van der Waals surface area contributed by atoms with Gasteiger partial charge in [-0.25, -0.2) is 0 Å². The number of nitrogens with two attached hydrogens (primary N) is 1. The molecule has 5 nitrogen and oxygen atoms in total. The third-order valence-electron chi connectivity index (χ3n) is 3.51. The van der Waals surface area contributed by atoms with E-state index in [0.29, 0.717) is 28.1 Å². The molecule has 0 amide bonds. The first-order valence-corrected chi connectivity index (χ1v) is 6.47. The van der Waals surface area contributed by atoms with Crippen LogP contribution in [-0.2, 0) is 5.54 Å². The van der Waals surface area contributed by atoms with Crippen molar-refractivity contribution in [3.05, 3.63) is 29.0 Å². The minimum absolute atomic E-state index is 0. The molecule has 0 radical (unpaired) electrons. The maximum atomic E-state index is 6.17. The predicted molar refractivity (Wildman–Crippen MR) is 78.3 cm³/mol. The van der Waals surface area contributed by atoms with Gasteiger partial charge >= 0.3 is 0 Å². The lowest BCUT2D eigenvalue weighted by Gasteiger charge is -2.34. The van der Waals surface area contributed by atoms with Gasteiger partial charge in [0.05, 0.1) is 18.2 Å². The molecule has 1 saturated carbocycles. The molecule has 1 aromatic carbocycles. The fourth-order valence-corrected chi connectivity index (χ4v) is 2.34. The molecule has 1 aliphatic carbocycles. The van der Waals surface area contributed by atoms with Gasteiger partial charge in [-0.3, -0.25) is 0 Å². The second kappa shape index (κ2) is 5.60. The van der Waals surface area contributed by atoms with Crippen molar-refractivity contribution in [2.24, 2.45) is 5.73 Å². The van der Waals surface area contributed by atoms with Crippen LogP contribution in [0, 0.1) is 0 Å². The lowest BCUT2D eigenvalue weighted by atomic mass is 9.77. The number of rotatable bonds is 3. The third-order valence-corrected chi connectivity index (χ3v) is 3.74. The summed E-state index contributed by atoms with van der Waals surface area (Å²) in [6.07, 6.45) is 2.87. The summed E-state index contributed by atoms with van der Waals surface area (Å²) in [4.78, 5) is 4.38. The van der Waals surface area contributed by atoms with Gasteiger partial charge in [-0.2, -0.15) is 4.98 Å². The van der Waals surface area contributed by atoms with Gasteiger partial charge in [0.25, 0.3) is 5.89 Å². The number of benzene rings is 1. The van der Waals surface area contributed by atoms with Gasteiger partial charge < -0.3 is 15.0 Å². The van der Waals surface area contributed by atoms with E-state index in [2.05, 4.69) is 10.1 Å². The number of nitrogens with zero attached hydrogens (tertiary/aromatic N) is 2. The Morgan fingerprint density at radius 3 is 2.75 bits per heavy atom. The average molecular weight is 316 g/mol. The summed E-state index contributed by atoms with van der Waals surface area (Å²) in [5.41, 5.74) is 6.41. The normalized spacial score (nSPS) is 16.1. The molecule has 1 aliphatic rings. The topological polar surface area (TPSA) is 74.2 Å². The largest absolute Gasteiger partial charge is 0.496 e. The van der Waals surface area contributed by atoms with Crippen LogP contribution < -0.4 is 10.5 Å². The van der Waals surface area contributed by atoms with E-state index >= 15 is 0 Å². The average Bonchev–Trinajstić information content (AvgIpc) is 2.85. The van der Waals surface area contributed by atoms with Crippen molar-refractivity contribution in [3.63, 3.8) is 0 Å². The minimum atomic E-state index is -0.437. The summed E-state index contributed by atoms with van der Waals surface area (Å²) in [6.45, 7) is 0. The highest BCUT2D eigenvalue weighted by Crippen LogP contribution is 2.39. The second-order valence-electron chi connectivity index (χ2n) is 4.78. The molecule has 0 spiro atoms. The quantitative estimate of drug-likeness (QED) is 0.941. The Morgan fingerprint density at radius 2 is 2.15 bits per heavy atom. The summed E-state index contributed by atoms with van der Waals surface area (Å²) >= 11 is 5.99. The number of hydrogen-bond acceptors (Lipinski definition) is 5. The summed E-state index contributed by atoms with van der Waals surface area (Å²) in [7, 11) is 1.58. The third kappa shape index (κ3) is 2.49. The maximum absolute atomic E-state index is 6.17. The molecule has 0 bridgehead atoms. The molecule has 108 valence electrons. The van der Waals surface area contributed by atoms with Crippen molar-refractivity contribution in [2.75, 3.05) is 7.11 Å². The van der Waals surface area contributed by atoms with E-state index in [9.17, 15) is 0 Å². The number of halogens is 2. The molecule has 0 saturated heterocycles. The fraction of sp³-hybridized carbons (Fsp3) is 0.385. The molecule has 1 fully saturated rings. The number of ether oxygens (including phenoxy) is 1. The molecule has 0 aliphatic heterocycles. The van der Waals surface area contributed by atoms with Crippen LogP contribution in [-0.4, -0.2) is 17.3 Å². The van der Waals surface area contributed by atoms with E-state index < -0.39 is 5.54 Å². The van der Waals surface area contributed by atoms with Crippen LogP contribution >= 0.6 is 24.0 Å². The smallest absolute Gasteiger partial charge is 0.261 e. The van der Waals surface area contributed by atoms with Crippen LogP contribution in [0.2, 0.25) is 5.02 Å². The highest BCUT2D eigenvalue weighted by molar-refractivity contribution is 6.30. The molecule has 1 aromatic heterocycles. The van der Waals surface area contributed by atoms with Crippen LogP contribution in [0.3, 0.4) is 0 Å². The van der Waals surface area contributed by atoms with Gasteiger partial charge in [-0.05, 0) is 37.5 Å². The first kappa shape index (κ1) is 15.1. The van der Waals surface area contributed by atoms with E-state index in [-0.39, 0.29) is 12.4 Å². The molecule has 2 N–H and O–H groups in total. The van der Waals surface area contributed by atoms with E-state index in [1.165, 1.54) is 0 Å². The summed E-state index contributed by atoms with van der Waals surface area (Å²) in [5, 5.41) is 4.57. The molecule has 3 rings (SSSR count). The van der Waals surface area contributed by atoms with Crippen LogP contribution in [0.1, 0.15) is 25.1 Å². The molecule has 1 heterocycles. The summed E-state index contributed by atoms with van der Waals surface area (Å²) in [5.74, 6) is 1.57. The van der Waals surface area contributed by atoms with Crippen LogP contribution in [0.4, 0.5) is 0 Å². The second-order valence-corrected chi connectivity index (χ2v) is 5.21. The van der Waals surface area contributed by atoms with Crippen molar-refractivity contribution >= 4 is 24.0 Å². The molecule has 2 aromatic rings. The molecule has 0 unspecified atom stereocenters. The lowest BCUT2D eigenvalue weighted by molar-refractivity contribution is 0.229. The zero-order chi connectivity index (χ0) is 13.5. The molecular formula is C13H15Cl2N3O2. The summed E-state index contributed by atoms with van der Waals surface area (Å²) in [6, 6.07) is 5.25. The minimum Gasteiger partial charge on any atom is -0.496 e. The summed E-state index contributed by atoms with van der Waals surface area (Å²) < 4.78 is 10.6. The van der Waals surface area contributed by atoms with Crippen LogP contribution in [0.25, 0.3) is 11.5 Å². The van der Waals surface area contributed by atoms with E-state index in [0.717, 1.165) is 19.3 Å². The van der Waals surface area contributed by atoms with Crippen molar-refractivity contribution < 1.29 is 9.26 Å². The van der Waals surface area contributed by atoms with E-state index in [1.54, 1.807) is 25.3 Å². The van der Waals surface area contributed by atoms with Crippen LogP contribution in [0.5, 0.6) is 5.75 Å². The Balaban J connectivity index is 0.00000147. The Kier molecular flexibility index (Phi) is 4.22. The number of hydrogen-bond donors (Lipinski definition) is 1. The monoisotopic (exact) mass is 315 g/mol. The Labute approximate surface area is 127 Å². The van der Waals surface area contributed by atoms with Crippen molar-refractivity contribution in [2.45, 2.75) is 24.8 Å². The fourth-order valence-electron chi connectivity index (χ4n) is 2.16. The lowest BCUT2D eigenvalue weighted by Crippen LogP contribution is -2.44. The molecule has 7 heteroatoms. The van der Waals surface area contributed by atoms with E-state index in [4.69, 9.17) is 26.6 Å². The Bertz CT molecular complexity index is 611. The van der Waals surface area contributed by atoms with Crippen molar-refractivity contribution in [1.29, 1.82) is 0 Å². The van der Waals surface area contributed by atoms with Crippen molar-refractivity contribution in [3.8, 4) is 17.2 Å². The maximum Gasteiger partial charge on any atom is 0.261 e. The molecular weight excluding hydrogens is 301 g/mol. The van der Waals surface area contributed by atoms with Gasteiger partial charge in [0.1, 0.15) is 5.75 Å². The van der Waals surface area contributed by atoms with E-state index in [1.807, 2.05) is 0 Å². The van der Waals surface area contributed by atoms with Gasteiger partial charge in [-0.15, -0.1) is 12.4 Å². The van der Waals surface area contributed by atoms with Crippen molar-refractivity contribution in [1.82, 2.24) is 10.1 Å². The SMILES string of the molecule is COc1ccc(Cl)cc1-c1nc(C2(N)CCC2)no1.Cl. The van der Waals surface area contributed by atoms with Gasteiger partial charge in [-0.1, -0.05) is 16.8 Å². The van der Waals surface area contributed by atoms with Gasteiger partial charge in [0.15, 0.2) is 5.82 Å². The number of aromatic nitrogens is 2. The molecule has 0 atom stereocenters. The number of methoxy groups -OCH3 is 1. The van der Waals surface area contributed by atoms with Gasteiger partial charge in [0, 0.05) is 5.02 Å². The Morgan fingerprint density at radius 1 is 1.40 bits per heavy atom. The highest BCUT2D eigenvalue weighted by Gasteiger charge is 2.39.